The monoisotopic (exact) mass is 329 g/mol. The fraction of sp³-hybridized carbons (Fsp3) is 0.316. The van der Waals surface area contributed by atoms with Crippen LogP contribution in [0, 0.1) is 0 Å². The maximum atomic E-state index is 12.2. The summed E-state index contributed by atoms with van der Waals surface area (Å²) in [6.45, 7) is 0.611. The second-order valence-corrected chi connectivity index (χ2v) is 5.35. The summed E-state index contributed by atoms with van der Waals surface area (Å²) in [5.41, 5.74) is 1.15. The number of nitrogens with zero attached hydrogens (tertiary/aromatic N) is 1. The van der Waals surface area contributed by atoms with Crippen LogP contribution in [0.3, 0.4) is 0 Å². The molecule has 5 heteroatoms. The SMILES string of the molecule is COc1ccc(CCN(C)C(=O)COc2ccccc2OC)cc1. The largest absolute Gasteiger partial charge is 0.497 e. The van der Waals surface area contributed by atoms with E-state index < -0.39 is 0 Å². The second kappa shape index (κ2) is 8.82. The molecule has 0 aliphatic carbocycles. The smallest absolute Gasteiger partial charge is 0.260 e. The third kappa shape index (κ3) is 4.91. The Morgan fingerprint density at radius 3 is 2.25 bits per heavy atom. The number of hydrogen-bond acceptors (Lipinski definition) is 4. The lowest BCUT2D eigenvalue weighted by Gasteiger charge is -2.18. The highest BCUT2D eigenvalue weighted by Gasteiger charge is 2.11. The molecular formula is C19H23NO4. The molecule has 128 valence electrons. The first-order chi connectivity index (χ1) is 11.6. The van der Waals surface area contributed by atoms with E-state index in [1.54, 1.807) is 38.3 Å². The molecule has 2 aromatic carbocycles. The first kappa shape index (κ1) is 17.7. The van der Waals surface area contributed by atoms with Gasteiger partial charge >= 0.3 is 0 Å². The van der Waals surface area contributed by atoms with E-state index in [9.17, 15) is 4.79 Å². The van der Waals surface area contributed by atoms with Crippen molar-refractivity contribution in [3.05, 3.63) is 54.1 Å². The lowest BCUT2D eigenvalue weighted by atomic mass is 10.1. The van der Waals surface area contributed by atoms with E-state index in [1.165, 1.54) is 0 Å². The van der Waals surface area contributed by atoms with Gasteiger partial charge in [-0.25, -0.2) is 0 Å². The van der Waals surface area contributed by atoms with Crippen molar-refractivity contribution in [2.45, 2.75) is 6.42 Å². The number of para-hydroxylation sites is 2. The van der Waals surface area contributed by atoms with Crippen molar-refractivity contribution in [1.29, 1.82) is 0 Å². The zero-order chi connectivity index (χ0) is 17.4. The van der Waals surface area contributed by atoms with Gasteiger partial charge < -0.3 is 19.1 Å². The maximum absolute atomic E-state index is 12.2. The molecule has 0 heterocycles. The lowest BCUT2D eigenvalue weighted by molar-refractivity contribution is -0.132. The number of carbonyl (C=O) groups excluding carboxylic acids is 1. The number of ether oxygens (including phenoxy) is 3. The number of benzene rings is 2. The third-order valence-corrected chi connectivity index (χ3v) is 3.74. The molecule has 2 rings (SSSR count). The average Bonchev–Trinajstić information content (AvgIpc) is 2.64. The van der Waals surface area contributed by atoms with Crippen LogP contribution >= 0.6 is 0 Å². The summed E-state index contributed by atoms with van der Waals surface area (Å²) >= 11 is 0. The Balaban J connectivity index is 1.81. The predicted octanol–water partition coefficient (Wildman–Crippen LogP) is 2.78. The van der Waals surface area contributed by atoms with E-state index in [-0.39, 0.29) is 12.5 Å². The molecule has 1 amide bonds. The number of amides is 1. The van der Waals surface area contributed by atoms with Crippen LogP contribution in [0.25, 0.3) is 0 Å². The number of carbonyl (C=O) groups is 1. The van der Waals surface area contributed by atoms with Crippen LogP contribution in [-0.4, -0.2) is 45.2 Å². The Morgan fingerprint density at radius 2 is 1.62 bits per heavy atom. The van der Waals surface area contributed by atoms with Gasteiger partial charge in [0, 0.05) is 13.6 Å². The Morgan fingerprint density at radius 1 is 0.958 bits per heavy atom. The third-order valence-electron chi connectivity index (χ3n) is 3.74. The molecule has 0 spiro atoms. The van der Waals surface area contributed by atoms with Crippen LogP contribution in [0.2, 0.25) is 0 Å². The highest BCUT2D eigenvalue weighted by Crippen LogP contribution is 2.25. The van der Waals surface area contributed by atoms with Crippen LogP contribution in [0.4, 0.5) is 0 Å². The molecule has 5 nitrogen and oxygen atoms in total. The van der Waals surface area contributed by atoms with Gasteiger partial charge in [-0.05, 0) is 36.2 Å². The van der Waals surface area contributed by atoms with Gasteiger partial charge in [0.15, 0.2) is 18.1 Å². The quantitative estimate of drug-likeness (QED) is 0.747. The Kier molecular flexibility index (Phi) is 6.49. The Bertz CT molecular complexity index is 655. The lowest BCUT2D eigenvalue weighted by Crippen LogP contribution is -2.33. The molecule has 0 fully saturated rings. The zero-order valence-electron chi connectivity index (χ0n) is 14.3. The maximum Gasteiger partial charge on any atom is 0.260 e. The van der Waals surface area contributed by atoms with Gasteiger partial charge in [-0.1, -0.05) is 24.3 Å². The van der Waals surface area contributed by atoms with Crippen molar-refractivity contribution in [3.8, 4) is 17.2 Å². The van der Waals surface area contributed by atoms with Crippen LogP contribution < -0.4 is 14.2 Å². The minimum Gasteiger partial charge on any atom is -0.497 e. The van der Waals surface area contributed by atoms with Crippen LogP contribution in [0.15, 0.2) is 48.5 Å². The fourth-order valence-electron chi connectivity index (χ4n) is 2.20. The molecule has 0 saturated heterocycles. The normalized spacial score (nSPS) is 10.1. The highest BCUT2D eigenvalue weighted by atomic mass is 16.5. The van der Waals surface area contributed by atoms with E-state index >= 15 is 0 Å². The van der Waals surface area contributed by atoms with Crippen molar-refractivity contribution in [2.75, 3.05) is 34.4 Å². The number of likely N-dealkylation sites (N-methyl/N-ethyl adjacent to an activating group) is 1. The van der Waals surface area contributed by atoms with Crippen molar-refractivity contribution >= 4 is 5.91 Å². The predicted molar refractivity (Wildman–Crippen MR) is 92.8 cm³/mol. The molecule has 0 unspecified atom stereocenters. The van der Waals surface area contributed by atoms with Crippen molar-refractivity contribution in [3.63, 3.8) is 0 Å². The van der Waals surface area contributed by atoms with Gasteiger partial charge in [0.25, 0.3) is 5.91 Å². The summed E-state index contributed by atoms with van der Waals surface area (Å²) in [7, 11) is 4.99. The van der Waals surface area contributed by atoms with E-state index in [1.807, 2.05) is 36.4 Å². The molecule has 0 saturated carbocycles. The summed E-state index contributed by atoms with van der Waals surface area (Å²) in [5.74, 6) is 1.94. The van der Waals surface area contributed by atoms with Crippen LogP contribution in [0.5, 0.6) is 17.2 Å². The molecule has 24 heavy (non-hydrogen) atoms. The van der Waals surface area contributed by atoms with E-state index in [2.05, 4.69) is 0 Å². The first-order valence-corrected chi connectivity index (χ1v) is 7.76. The van der Waals surface area contributed by atoms with Gasteiger partial charge in [0.05, 0.1) is 14.2 Å². The minimum atomic E-state index is -0.0746. The van der Waals surface area contributed by atoms with Gasteiger partial charge in [-0.3, -0.25) is 4.79 Å². The molecule has 0 radical (unpaired) electrons. The summed E-state index contributed by atoms with van der Waals surface area (Å²) in [6.07, 6.45) is 0.779. The van der Waals surface area contributed by atoms with E-state index in [0.29, 0.717) is 18.0 Å². The first-order valence-electron chi connectivity index (χ1n) is 7.76. The molecule has 0 N–H and O–H groups in total. The van der Waals surface area contributed by atoms with E-state index in [4.69, 9.17) is 14.2 Å². The fourth-order valence-corrected chi connectivity index (χ4v) is 2.20. The highest BCUT2D eigenvalue weighted by molar-refractivity contribution is 5.77. The number of rotatable bonds is 8. The van der Waals surface area contributed by atoms with Gasteiger partial charge in [0.2, 0.25) is 0 Å². The molecular weight excluding hydrogens is 306 g/mol. The summed E-state index contributed by atoms with van der Waals surface area (Å²) < 4.78 is 15.9. The summed E-state index contributed by atoms with van der Waals surface area (Å²) in [4.78, 5) is 13.8. The summed E-state index contributed by atoms with van der Waals surface area (Å²) in [6, 6.07) is 15.1. The van der Waals surface area contributed by atoms with Crippen molar-refractivity contribution in [2.24, 2.45) is 0 Å². The second-order valence-electron chi connectivity index (χ2n) is 5.35. The zero-order valence-corrected chi connectivity index (χ0v) is 14.3. The topological polar surface area (TPSA) is 48.0 Å². The molecule has 2 aromatic rings. The van der Waals surface area contributed by atoms with Crippen LogP contribution in [-0.2, 0) is 11.2 Å². The minimum absolute atomic E-state index is 0.0144. The summed E-state index contributed by atoms with van der Waals surface area (Å²) in [5, 5.41) is 0. The number of methoxy groups -OCH3 is 2. The Labute approximate surface area is 142 Å². The molecule has 0 bridgehead atoms. The van der Waals surface area contributed by atoms with Gasteiger partial charge in [-0.15, -0.1) is 0 Å². The molecule has 0 atom stereocenters. The molecule has 0 aliphatic rings. The van der Waals surface area contributed by atoms with Gasteiger partial charge in [-0.2, -0.15) is 0 Å². The van der Waals surface area contributed by atoms with Gasteiger partial charge in [0.1, 0.15) is 5.75 Å². The molecule has 0 aromatic heterocycles. The number of hydrogen-bond donors (Lipinski definition) is 0. The van der Waals surface area contributed by atoms with Crippen molar-refractivity contribution < 1.29 is 19.0 Å². The standard InChI is InChI=1S/C19H23NO4/c1-20(13-12-15-8-10-16(22-2)11-9-15)19(21)14-24-18-7-5-4-6-17(18)23-3/h4-11H,12-14H2,1-3H3. The van der Waals surface area contributed by atoms with Crippen LogP contribution in [0.1, 0.15) is 5.56 Å². The van der Waals surface area contributed by atoms with E-state index in [0.717, 1.165) is 17.7 Å². The Hall–Kier alpha value is -2.69. The average molecular weight is 329 g/mol. The van der Waals surface area contributed by atoms with Crippen molar-refractivity contribution in [1.82, 2.24) is 4.90 Å². The molecule has 0 aliphatic heterocycles.